The Bertz CT molecular complexity index is 846. The number of aromatic nitrogens is 4. The smallest absolute Gasteiger partial charge is 0.272 e. The summed E-state index contributed by atoms with van der Waals surface area (Å²) in [6, 6.07) is 7.65. The van der Waals surface area contributed by atoms with Gasteiger partial charge in [0.1, 0.15) is 5.82 Å². The summed E-state index contributed by atoms with van der Waals surface area (Å²) in [7, 11) is 0. The van der Waals surface area contributed by atoms with E-state index in [0.717, 1.165) is 53.8 Å². The average molecular weight is 323 g/mol. The van der Waals surface area contributed by atoms with Crippen molar-refractivity contribution in [2.45, 2.75) is 45.1 Å². The standard InChI is InChI=1S/C18H21N5O/c1-11(17-20-14-9-5-6-10-15(14)21-17)19-18(24)16-12-7-3-2-4-8-13(12)22-23-16/h5-6,9-11H,2-4,7-8H2,1H3,(H,19,24)(H,20,21)(H,22,23). The number of aromatic amines is 2. The number of nitrogens with one attached hydrogen (secondary N) is 3. The molecule has 0 bridgehead atoms. The molecular weight excluding hydrogens is 302 g/mol. The van der Waals surface area contributed by atoms with Crippen molar-refractivity contribution in [2.75, 3.05) is 0 Å². The summed E-state index contributed by atoms with van der Waals surface area (Å²) in [5.41, 5.74) is 4.62. The molecule has 124 valence electrons. The Morgan fingerprint density at radius 3 is 2.92 bits per heavy atom. The van der Waals surface area contributed by atoms with Crippen molar-refractivity contribution in [3.63, 3.8) is 0 Å². The highest BCUT2D eigenvalue weighted by molar-refractivity contribution is 5.94. The van der Waals surface area contributed by atoms with Crippen LogP contribution < -0.4 is 5.32 Å². The van der Waals surface area contributed by atoms with Gasteiger partial charge in [-0.05, 0) is 44.7 Å². The molecule has 3 N–H and O–H groups in total. The first-order valence-corrected chi connectivity index (χ1v) is 8.54. The quantitative estimate of drug-likeness (QED) is 0.647. The number of aryl methyl sites for hydroxylation is 1. The number of carbonyl (C=O) groups is 1. The summed E-state index contributed by atoms with van der Waals surface area (Å²) in [5.74, 6) is 0.619. The van der Waals surface area contributed by atoms with E-state index in [1.165, 1.54) is 6.42 Å². The van der Waals surface area contributed by atoms with Crippen LogP contribution >= 0.6 is 0 Å². The van der Waals surface area contributed by atoms with E-state index in [1.807, 2.05) is 31.2 Å². The highest BCUT2D eigenvalue weighted by Crippen LogP contribution is 2.22. The minimum Gasteiger partial charge on any atom is -0.341 e. The second-order valence-corrected chi connectivity index (χ2v) is 6.42. The summed E-state index contributed by atoms with van der Waals surface area (Å²) < 4.78 is 0. The molecule has 1 atom stereocenters. The third kappa shape index (κ3) is 2.68. The summed E-state index contributed by atoms with van der Waals surface area (Å²) in [4.78, 5) is 20.5. The molecule has 0 radical (unpaired) electrons. The number of H-pyrrole nitrogens is 2. The van der Waals surface area contributed by atoms with Gasteiger partial charge in [-0.15, -0.1) is 0 Å². The normalized spacial score (nSPS) is 15.7. The Labute approximate surface area is 140 Å². The summed E-state index contributed by atoms with van der Waals surface area (Å²) in [6.07, 6.45) is 5.39. The monoisotopic (exact) mass is 323 g/mol. The summed E-state index contributed by atoms with van der Waals surface area (Å²) in [5, 5.41) is 10.3. The maximum Gasteiger partial charge on any atom is 0.272 e. The molecule has 1 aliphatic carbocycles. The molecular formula is C18H21N5O. The molecule has 0 aliphatic heterocycles. The molecule has 6 nitrogen and oxygen atoms in total. The Balaban J connectivity index is 1.54. The van der Waals surface area contributed by atoms with Crippen LogP contribution in [0.1, 0.15) is 59.8 Å². The molecule has 6 heteroatoms. The molecule has 0 saturated carbocycles. The van der Waals surface area contributed by atoms with Gasteiger partial charge < -0.3 is 10.3 Å². The van der Waals surface area contributed by atoms with Crippen molar-refractivity contribution >= 4 is 16.9 Å². The van der Waals surface area contributed by atoms with Crippen molar-refractivity contribution in [1.82, 2.24) is 25.5 Å². The van der Waals surface area contributed by atoms with Crippen molar-refractivity contribution < 1.29 is 4.79 Å². The highest BCUT2D eigenvalue weighted by atomic mass is 16.2. The predicted molar refractivity (Wildman–Crippen MR) is 91.8 cm³/mol. The van der Waals surface area contributed by atoms with E-state index in [2.05, 4.69) is 25.5 Å². The predicted octanol–water partition coefficient (Wildman–Crippen LogP) is 3.05. The number of hydrogen-bond donors (Lipinski definition) is 3. The van der Waals surface area contributed by atoms with Gasteiger partial charge in [0.15, 0.2) is 5.69 Å². The Morgan fingerprint density at radius 2 is 2.04 bits per heavy atom. The molecule has 3 aromatic rings. The van der Waals surface area contributed by atoms with Crippen LogP contribution in [0.15, 0.2) is 24.3 Å². The second-order valence-electron chi connectivity index (χ2n) is 6.42. The molecule has 0 fully saturated rings. The van der Waals surface area contributed by atoms with Gasteiger partial charge in [-0.25, -0.2) is 4.98 Å². The van der Waals surface area contributed by atoms with Crippen molar-refractivity contribution in [2.24, 2.45) is 0 Å². The lowest BCUT2D eigenvalue weighted by atomic mass is 10.1. The van der Waals surface area contributed by atoms with Crippen LogP contribution in [0.2, 0.25) is 0 Å². The van der Waals surface area contributed by atoms with Crippen LogP contribution in [0.5, 0.6) is 0 Å². The average Bonchev–Trinajstić information content (AvgIpc) is 3.12. The number of amides is 1. The minimum atomic E-state index is -0.206. The van der Waals surface area contributed by atoms with Crippen molar-refractivity contribution in [3.05, 3.63) is 47.0 Å². The molecule has 4 rings (SSSR count). The third-order valence-corrected chi connectivity index (χ3v) is 4.69. The Kier molecular flexibility index (Phi) is 3.80. The summed E-state index contributed by atoms with van der Waals surface area (Å²) >= 11 is 0. The maximum atomic E-state index is 12.7. The lowest BCUT2D eigenvalue weighted by Crippen LogP contribution is -2.28. The number of hydrogen-bond acceptors (Lipinski definition) is 3. The lowest BCUT2D eigenvalue weighted by molar-refractivity contribution is 0.0932. The highest BCUT2D eigenvalue weighted by Gasteiger charge is 2.23. The molecule has 0 saturated heterocycles. The van der Waals surface area contributed by atoms with E-state index in [0.29, 0.717) is 5.69 Å². The molecule has 1 aromatic carbocycles. The maximum absolute atomic E-state index is 12.7. The number of rotatable bonds is 3. The van der Waals surface area contributed by atoms with Gasteiger partial charge in [0.05, 0.1) is 17.1 Å². The fraction of sp³-hybridized carbons (Fsp3) is 0.389. The number of imidazole rings is 1. The zero-order valence-electron chi connectivity index (χ0n) is 13.7. The van der Waals surface area contributed by atoms with Gasteiger partial charge in [0, 0.05) is 11.3 Å². The molecule has 0 spiro atoms. The molecule has 2 heterocycles. The Morgan fingerprint density at radius 1 is 1.21 bits per heavy atom. The van der Waals surface area contributed by atoms with Crippen LogP contribution in [0, 0.1) is 0 Å². The first kappa shape index (κ1) is 14.9. The van der Waals surface area contributed by atoms with Crippen LogP contribution in [0.3, 0.4) is 0 Å². The van der Waals surface area contributed by atoms with E-state index in [1.54, 1.807) is 0 Å². The van der Waals surface area contributed by atoms with E-state index >= 15 is 0 Å². The zero-order valence-corrected chi connectivity index (χ0v) is 13.7. The number of benzene rings is 1. The van der Waals surface area contributed by atoms with E-state index in [9.17, 15) is 4.79 Å². The largest absolute Gasteiger partial charge is 0.341 e. The fourth-order valence-electron chi connectivity index (χ4n) is 3.36. The first-order valence-electron chi connectivity index (χ1n) is 8.54. The van der Waals surface area contributed by atoms with Crippen LogP contribution in [0.25, 0.3) is 11.0 Å². The van der Waals surface area contributed by atoms with E-state index < -0.39 is 0 Å². The lowest BCUT2D eigenvalue weighted by Gasteiger charge is -2.11. The van der Waals surface area contributed by atoms with Gasteiger partial charge in [0.2, 0.25) is 0 Å². The van der Waals surface area contributed by atoms with Crippen molar-refractivity contribution in [1.29, 1.82) is 0 Å². The zero-order chi connectivity index (χ0) is 16.5. The van der Waals surface area contributed by atoms with Gasteiger partial charge in [0.25, 0.3) is 5.91 Å². The molecule has 1 unspecified atom stereocenters. The molecule has 1 amide bonds. The second kappa shape index (κ2) is 6.11. The summed E-state index contributed by atoms with van der Waals surface area (Å²) in [6.45, 7) is 1.93. The first-order chi connectivity index (χ1) is 11.7. The van der Waals surface area contributed by atoms with Gasteiger partial charge in [-0.1, -0.05) is 18.6 Å². The minimum absolute atomic E-state index is 0.137. The van der Waals surface area contributed by atoms with Crippen LogP contribution in [-0.2, 0) is 12.8 Å². The third-order valence-electron chi connectivity index (χ3n) is 4.69. The number of para-hydroxylation sites is 2. The molecule has 24 heavy (non-hydrogen) atoms. The van der Waals surface area contributed by atoms with Gasteiger partial charge in [-0.2, -0.15) is 5.10 Å². The topological polar surface area (TPSA) is 86.5 Å². The fourth-order valence-corrected chi connectivity index (χ4v) is 3.36. The van der Waals surface area contributed by atoms with Crippen LogP contribution in [-0.4, -0.2) is 26.1 Å². The number of fused-ring (bicyclic) bond motifs is 2. The van der Waals surface area contributed by atoms with Gasteiger partial charge >= 0.3 is 0 Å². The van der Waals surface area contributed by atoms with E-state index in [-0.39, 0.29) is 11.9 Å². The van der Waals surface area contributed by atoms with Gasteiger partial charge in [-0.3, -0.25) is 9.89 Å². The SMILES string of the molecule is CC(NC(=O)c1n[nH]c2c1CCCCC2)c1nc2ccccc2[nH]1. The van der Waals surface area contributed by atoms with Crippen molar-refractivity contribution in [3.8, 4) is 0 Å². The molecule has 1 aliphatic rings. The Hall–Kier alpha value is -2.63. The number of nitrogens with zero attached hydrogens (tertiary/aromatic N) is 2. The number of carbonyl (C=O) groups excluding carboxylic acids is 1. The molecule has 2 aromatic heterocycles. The van der Waals surface area contributed by atoms with E-state index in [4.69, 9.17) is 0 Å². The van der Waals surface area contributed by atoms with Crippen LogP contribution in [0.4, 0.5) is 0 Å².